The number of oxime groups is 1. The highest BCUT2D eigenvalue weighted by Crippen LogP contribution is 2.41. The zero-order valence-electron chi connectivity index (χ0n) is 23.9. The molecule has 0 spiro atoms. The molecule has 0 bridgehead atoms. The van der Waals surface area contributed by atoms with Crippen LogP contribution >= 0.6 is 23.1 Å². The maximum absolute atomic E-state index is 13.3. The molecule has 0 unspecified atom stereocenters. The number of β-lactam (4-membered cyclic amide) rings is 1. The number of thiazole rings is 1. The van der Waals surface area contributed by atoms with Crippen molar-refractivity contribution in [3.05, 3.63) is 64.1 Å². The SMILES string of the molecule is C[n+]1ccc(CN2CCC(=CC3=C(C(=O)[O-])N4C(=O)[C@@H](NC(=O)/C(=N\OC5CCCC5)c5csc(N)n5)[C@H]4SC3)C2=O)cc1. The third kappa shape index (κ3) is 5.93. The fourth-order valence-corrected chi connectivity index (χ4v) is 7.55. The first-order chi connectivity index (χ1) is 21.2. The number of carboxylic acid groups (broad SMARTS) is 1. The number of nitrogens with two attached hydrogens (primary N) is 1. The predicted molar refractivity (Wildman–Crippen MR) is 159 cm³/mol. The van der Waals surface area contributed by atoms with E-state index in [1.54, 1.807) is 16.4 Å². The van der Waals surface area contributed by atoms with Gasteiger partial charge in [0.25, 0.3) is 11.8 Å². The first-order valence-corrected chi connectivity index (χ1v) is 16.2. The number of carbonyl (C=O) groups is 4. The number of nitrogens with one attached hydrogen (secondary N) is 1. The molecule has 15 heteroatoms. The molecule has 2 aromatic rings. The van der Waals surface area contributed by atoms with Crippen molar-refractivity contribution in [2.24, 2.45) is 12.2 Å². The number of hydrogen-bond acceptors (Lipinski definition) is 11. The summed E-state index contributed by atoms with van der Waals surface area (Å²) in [7, 11) is 1.91. The van der Waals surface area contributed by atoms with E-state index in [0.29, 0.717) is 30.7 Å². The van der Waals surface area contributed by atoms with Gasteiger partial charge in [-0.3, -0.25) is 19.3 Å². The highest BCUT2D eigenvalue weighted by molar-refractivity contribution is 8.00. The fourth-order valence-electron chi connectivity index (χ4n) is 5.69. The highest BCUT2D eigenvalue weighted by Gasteiger charge is 2.53. The van der Waals surface area contributed by atoms with Crippen molar-refractivity contribution >= 4 is 57.6 Å². The van der Waals surface area contributed by atoms with Gasteiger partial charge in [0.15, 0.2) is 23.2 Å². The molecular formula is C29H31N7O6S2. The van der Waals surface area contributed by atoms with Crippen LogP contribution in [0.2, 0.25) is 0 Å². The van der Waals surface area contributed by atoms with Gasteiger partial charge in [-0.15, -0.1) is 23.1 Å². The molecule has 2 aromatic heterocycles. The standard InChI is InChI=1S/C29H31N7O6S2/c1-34-9-6-16(7-10-34)13-35-11-8-17(25(35)38)12-18-14-43-27-22(26(39)36(27)23(18)28(40)41)32-24(37)21(20-15-44-29(30)31-20)33-42-19-4-2-3-5-19/h6-7,9-10,12,15,19,22,27H,2-5,8,11,13-14H2,1H3,(H3-,30,31,32,37,40,41)/b17-12?,33-21-/t22-,27-/m1/s1. The number of rotatable bonds is 9. The van der Waals surface area contributed by atoms with Crippen molar-refractivity contribution in [1.82, 2.24) is 20.1 Å². The first kappa shape index (κ1) is 29.8. The Hall–Kier alpha value is -4.24. The lowest BCUT2D eigenvalue weighted by Crippen LogP contribution is -2.71. The summed E-state index contributed by atoms with van der Waals surface area (Å²) >= 11 is 2.44. The molecule has 230 valence electrons. The Morgan fingerprint density at radius 3 is 2.70 bits per heavy atom. The van der Waals surface area contributed by atoms with Gasteiger partial charge < -0.3 is 30.7 Å². The molecule has 2 saturated heterocycles. The number of nitrogen functional groups attached to an aromatic ring is 1. The smallest absolute Gasteiger partial charge is 0.276 e. The Kier molecular flexibility index (Phi) is 8.40. The van der Waals surface area contributed by atoms with Gasteiger partial charge in [0.1, 0.15) is 30.3 Å². The number of fused-ring (bicyclic) bond motifs is 1. The number of pyridine rings is 1. The number of likely N-dealkylation sites (tertiary alicyclic amines) is 1. The normalized spacial score (nSPS) is 23.3. The number of anilines is 1. The number of hydrogen-bond donors (Lipinski definition) is 2. The number of amides is 3. The van der Waals surface area contributed by atoms with E-state index in [1.807, 2.05) is 36.1 Å². The van der Waals surface area contributed by atoms with E-state index < -0.39 is 29.2 Å². The third-order valence-electron chi connectivity index (χ3n) is 8.04. The fraction of sp³-hybridized carbons (Fsp3) is 0.414. The second-order valence-electron chi connectivity index (χ2n) is 11.1. The van der Waals surface area contributed by atoms with Crippen LogP contribution in [0.3, 0.4) is 0 Å². The molecule has 44 heavy (non-hydrogen) atoms. The molecule has 3 N–H and O–H groups in total. The highest BCUT2D eigenvalue weighted by atomic mass is 32.2. The largest absolute Gasteiger partial charge is 0.543 e. The summed E-state index contributed by atoms with van der Waals surface area (Å²) in [6.45, 7) is 0.946. The number of carbonyl (C=O) groups excluding carboxylic acids is 4. The van der Waals surface area contributed by atoms with Crippen LogP contribution in [0, 0.1) is 0 Å². The van der Waals surface area contributed by atoms with Crippen LogP contribution < -0.4 is 20.7 Å². The number of nitrogens with zero attached hydrogens (tertiary/aromatic N) is 5. The summed E-state index contributed by atoms with van der Waals surface area (Å²) in [6, 6.07) is 2.89. The molecule has 3 fully saturated rings. The van der Waals surface area contributed by atoms with Crippen molar-refractivity contribution < 1.29 is 33.7 Å². The number of allylic oxidation sites excluding steroid dienone is 1. The number of aromatic nitrogens is 2. The molecule has 1 aliphatic carbocycles. The predicted octanol–water partition coefficient (Wildman–Crippen LogP) is -0.0241. The van der Waals surface area contributed by atoms with Crippen LogP contribution in [0.5, 0.6) is 0 Å². The van der Waals surface area contributed by atoms with Gasteiger partial charge in [-0.1, -0.05) is 5.16 Å². The van der Waals surface area contributed by atoms with Crippen molar-refractivity contribution in [2.45, 2.75) is 56.2 Å². The van der Waals surface area contributed by atoms with E-state index in [4.69, 9.17) is 10.6 Å². The lowest BCUT2D eigenvalue weighted by molar-refractivity contribution is -0.671. The molecule has 1 saturated carbocycles. The molecule has 3 aliphatic heterocycles. The summed E-state index contributed by atoms with van der Waals surface area (Å²) in [5, 5.41) is 20.2. The zero-order chi connectivity index (χ0) is 31.0. The van der Waals surface area contributed by atoms with E-state index in [1.165, 1.54) is 11.8 Å². The monoisotopic (exact) mass is 637 g/mol. The average Bonchev–Trinajstić information content (AvgIpc) is 3.76. The van der Waals surface area contributed by atoms with Crippen LogP contribution in [0.1, 0.15) is 43.4 Å². The molecule has 4 aliphatic rings. The van der Waals surface area contributed by atoms with E-state index in [0.717, 1.165) is 47.5 Å². The van der Waals surface area contributed by atoms with E-state index >= 15 is 0 Å². The molecule has 6 rings (SSSR count). The van der Waals surface area contributed by atoms with Gasteiger partial charge in [0, 0.05) is 41.9 Å². The second kappa shape index (κ2) is 12.4. The Labute approximate surface area is 261 Å². The number of aryl methyl sites for hydroxylation is 1. The van der Waals surface area contributed by atoms with Crippen LogP contribution in [-0.4, -0.2) is 74.0 Å². The van der Waals surface area contributed by atoms with Gasteiger partial charge in [0.05, 0.1) is 11.7 Å². The minimum Gasteiger partial charge on any atom is -0.543 e. The number of aliphatic carboxylic acids is 1. The third-order valence-corrected chi connectivity index (χ3v) is 10.0. The van der Waals surface area contributed by atoms with Crippen LogP contribution in [0.15, 0.2) is 58.0 Å². The second-order valence-corrected chi connectivity index (χ2v) is 13.1. The lowest BCUT2D eigenvalue weighted by Gasteiger charge is -2.50. The molecule has 5 heterocycles. The molecule has 3 amide bonds. The van der Waals surface area contributed by atoms with Crippen molar-refractivity contribution in [3.63, 3.8) is 0 Å². The maximum atomic E-state index is 13.3. The first-order valence-electron chi connectivity index (χ1n) is 14.3. The molecule has 0 aromatic carbocycles. The van der Waals surface area contributed by atoms with Crippen LogP contribution in [0.25, 0.3) is 0 Å². The maximum Gasteiger partial charge on any atom is 0.276 e. The van der Waals surface area contributed by atoms with E-state index in [-0.39, 0.29) is 40.0 Å². The Bertz CT molecular complexity index is 1600. The average molecular weight is 638 g/mol. The molecular weight excluding hydrogens is 606 g/mol. The summed E-state index contributed by atoms with van der Waals surface area (Å²) in [5.41, 5.74) is 7.39. The van der Waals surface area contributed by atoms with E-state index in [2.05, 4.69) is 15.5 Å². The van der Waals surface area contributed by atoms with Gasteiger partial charge in [-0.2, -0.15) is 0 Å². The summed E-state index contributed by atoms with van der Waals surface area (Å²) in [5.74, 6) is -2.77. The summed E-state index contributed by atoms with van der Waals surface area (Å²) in [4.78, 5) is 64.6. The molecule has 13 nitrogen and oxygen atoms in total. The van der Waals surface area contributed by atoms with Crippen LogP contribution in [-0.2, 0) is 37.6 Å². The minimum atomic E-state index is -1.52. The minimum absolute atomic E-state index is 0.104. The van der Waals surface area contributed by atoms with Crippen LogP contribution in [0.4, 0.5) is 5.13 Å². The molecule has 2 atom stereocenters. The summed E-state index contributed by atoms with van der Waals surface area (Å²) < 4.78 is 1.91. The van der Waals surface area contributed by atoms with Crippen molar-refractivity contribution in [3.8, 4) is 0 Å². The van der Waals surface area contributed by atoms with Gasteiger partial charge in [-0.05, 0) is 49.3 Å². The van der Waals surface area contributed by atoms with E-state index in [9.17, 15) is 24.3 Å². The number of thioether (sulfide) groups is 1. The van der Waals surface area contributed by atoms with Gasteiger partial charge in [0.2, 0.25) is 5.91 Å². The Balaban J connectivity index is 1.17. The van der Waals surface area contributed by atoms with Gasteiger partial charge >= 0.3 is 0 Å². The van der Waals surface area contributed by atoms with Crippen molar-refractivity contribution in [1.29, 1.82) is 0 Å². The zero-order valence-corrected chi connectivity index (χ0v) is 25.6. The quantitative estimate of drug-likeness (QED) is 0.126. The lowest BCUT2D eigenvalue weighted by atomic mass is 10.0. The Morgan fingerprint density at radius 2 is 2.02 bits per heavy atom. The topological polar surface area (TPSA) is 174 Å². The van der Waals surface area contributed by atoms with Crippen molar-refractivity contribution in [2.75, 3.05) is 18.0 Å². The molecule has 0 radical (unpaired) electrons. The number of carboxylic acids is 1. The Morgan fingerprint density at radius 1 is 1.27 bits per heavy atom. The van der Waals surface area contributed by atoms with Gasteiger partial charge in [-0.25, -0.2) is 9.55 Å². The summed E-state index contributed by atoms with van der Waals surface area (Å²) in [6.07, 6.45) is 9.43.